The summed E-state index contributed by atoms with van der Waals surface area (Å²) in [6.07, 6.45) is -10.4. The minimum absolute atomic E-state index is 0.00109. The van der Waals surface area contributed by atoms with Crippen molar-refractivity contribution in [2.24, 2.45) is 0 Å². The normalized spacial score (nSPS) is 11.6. The Kier molecular flexibility index (Phi) is 16.5. The van der Waals surface area contributed by atoms with Crippen molar-refractivity contribution in [3.05, 3.63) is 47.8 Å². The van der Waals surface area contributed by atoms with Crippen LogP contribution in [0.4, 0.5) is 30.7 Å². The van der Waals surface area contributed by atoms with Gasteiger partial charge < -0.3 is 40.7 Å². The summed E-state index contributed by atoms with van der Waals surface area (Å²) in [6, 6.07) is 9.78. The summed E-state index contributed by atoms with van der Waals surface area (Å²) in [5.41, 5.74) is 7.27. The third-order valence-electron chi connectivity index (χ3n) is 4.75. The molecule has 0 amide bonds. The summed E-state index contributed by atoms with van der Waals surface area (Å²) in [5.74, 6) is -6.05. The molecule has 7 N–H and O–H groups in total. The largest absolute Gasteiger partial charge is 0.751 e. The third kappa shape index (κ3) is 14.7. The summed E-state index contributed by atoms with van der Waals surface area (Å²) in [6.45, 7) is 1.19. The predicted octanol–water partition coefficient (Wildman–Crippen LogP) is -0.261. The Labute approximate surface area is 275 Å². The number of thiophene rings is 1. The van der Waals surface area contributed by atoms with Crippen LogP contribution in [-0.2, 0) is 28.7 Å². The fourth-order valence-corrected chi connectivity index (χ4v) is 5.65. The van der Waals surface area contributed by atoms with Crippen LogP contribution >= 0.6 is 19.6 Å². The molecule has 270 valence electrons. The van der Waals surface area contributed by atoms with Gasteiger partial charge in [0.05, 0.1) is 5.56 Å². The predicted molar refractivity (Wildman–Crippen MR) is 146 cm³/mol. The molecule has 0 aliphatic rings. The molecule has 0 saturated carbocycles. The van der Waals surface area contributed by atoms with Crippen LogP contribution in [0.1, 0.15) is 5.56 Å². The quantitative estimate of drug-likeness (QED) is 0.115. The molecule has 3 rings (SSSR count). The molecule has 0 aliphatic carbocycles. The molecule has 3 aromatic rings. The molecule has 1 unspecified atom stereocenters. The molecule has 0 bridgehead atoms. The maximum Gasteiger partial charge on any atom is 0.751 e. The Morgan fingerprint density at radius 3 is 1.90 bits per heavy atom. The van der Waals surface area contributed by atoms with Crippen molar-refractivity contribution in [3.63, 3.8) is 0 Å². The van der Waals surface area contributed by atoms with Gasteiger partial charge in [-0.1, -0.05) is 4.52 Å². The van der Waals surface area contributed by atoms with E-state index in [0.717, 1.165) is 23.5 Å². The number of nitriles is 1. The van der Waals surface area contributed by atoms with E-state index in [0.29, 0.717) is 47.9 Å². The second-order valence-electron chi connectivity index (χ2n) is 8.37. The first kappa shape index (κ1) is 42.7. The van der Waals surface area contributed by atoms with Crippen LogP contribution < -0.4 is 40.4 Å². The minimum Gasteiger partial charge on any atom is -0.542 e. The molecule has 49 heavy (non-hydrogen) atoms. The molecule has 1 aromatic heterocycles. The summed E-state index contributed by atoms with van der Waals surface area (Å²) < 4.78 is 138. The summed E-state index contributed by atoms with van der Waals surface area (Å²) in [5, 5.41) is 26.9. The molecule has 15 nitrogen and oxygen atoms in total. The number of benzene rings is 2. The lowest BCUT2D eigenvalue weighted by Crippen LogP contribution is -2.53. The SMILES string of the molecule is N#Cc1ccc(O[P+](=O)OCNS(=O)(=O)c2cc3cc(OCC[NH3+])c(OCC[NH3+])cc3s2)cc1F.O=C([O-])C(F)(F)F.O=C([O-])C(F)(F)F. The van der Waals surface area contributed by atoms with Gasteiger partial charge in [0.1, 0.15) is 54.3 Å². The summed E-state index contributed by atoms with van der Waals surface area (Å²) >= 11 is 1.01. The van der Waals surface area contributed by atoms with E-state index in [9.17, 15) is 43.7 Å². The molecule has 0 spiro atoms. The van der Waals surface area contributed by atoms with Crippen LogP contribution in [-0.4, -0.2) is 65.7 Å². The zero-order valence-electron chi connectivity index (χ0n) is 24.3. The van der Waals surface area contributed by atoms with Gasteiger partial charge >= 0.3 is 20.6 Å². The highest BCUT2D eigenvalue weighted by molar-refractivity contribution is 7.91. The number of alkyl halides is 6. The minimum atomic E-state index is -5.19. The second-order valence-corrected chi connectivity index (χ2v) is 12.3. The molecule has 2 aromatic carbocycles. The van der Waals surface area contributed by atoms with E-state index >= 15 is 0 Å². The summed E-state index contributed by atoms with van der Waals surface area (Å²) in [4.78, 5) is 17.6. The maximum absolute atomic E-state index is 13.6. The van der Waals surface area contributed by atoms with Gasteiger partial charge in [-0.05, 0) is 29.7 Å². The number of aliphatic carboxylic acids is 2. The average molecular weight is 772 g/mol. The van der Waals surface area contributed by atoms with Crippen molar-refractivity contribution in [1.29, 1.82) is 5.26 Å². The van der Waals surface area contributed by atoms with Crippen LogP contribution in [0.2, 0.25) is 0 Å². The number of quaternary nitrogens is 2. The fourth-order valence-electron chi connectivity index (χ4n) is 2.73. The second kappa shape index (κ2) is 19.0. The highest BCUT2D eigenvalue weighted by Crippen LogP contribution is 2.38. The van der Waals surface area contributed by atoms with Crippen molar-refractivity contribution in [1.82, 2.24) is 4.72 Å². The van der Waals surface area contributed by atoms with Crippen LogP contribution in [0.15, 0.2) is 40.6 Å². The number of nitrogens with one attached hydrogen (secondary N) is 1. The number of carbonyl (C=O) groups is 2. The molecular weight excluding hydrogens is 748 g/mol. The maximum atomic E-state index is 13.6. The number of halogens is 7. The lowest BCUT2D eigenvalue weighted by atomic mass is 10.2. The van der Waals surface area contributed by atoms with E-state index in [-0.39, 0.29) is 15.5 Å². The van der Waals surface area contributed by atoms with E-state index in [1.807, 2.05) is 0 Å². The number of ether oxygens (including phenoxy) is 2. The van der Waals surface area contributed by atoms with E-state index in [1.54, 1.807) is 18.2 Å². The number of sulfonamides is 1. The number of fused-ring (bicyclic) bond motifs is 1. The first-order chi connectivity index (χ1) is 22.7. The Hall–Kier alpha value is -4.37. The van der Waals surface area contributed by atoms with Gasteiger partial charge in [0.2, 0.25) is 0 Å². The molecule has 0 saturated heterocycles. The van der Waals surface area contributed by atoms with Crippen molar-refractivity contribution < 1.29 is 93.5 Å². The lowest BCUT2D eigenvalue weighted by molar-refractivity contribution is -0.372. The van der Waals surface area contributed by atoms with E-state index in [2.05, 4.69) is 16.2 Å². The molecular formula is C24H23F7N4O11PS2+. The van der Waals surface area contributed by atoms with Crippen molar-refractivity contribution in [3.8, 4) is 23.3 Å². The molecule has 0 radical (unpaired) electrons. The molecule has 1 atom stereocenters. The van der Waals surface area contributed by atoms with Crippen LogP contribution in [0.5, 0.6) is 17.2 Å². The number of carboxylic acid groups (broad SMARTS) is 2. The Bertz CT molecular complexity index is 1700. The lowest BCUT2D eigenvalue weighted by Gasteiger charge is -2.11. The Morgan fingerprint density at radius 1 is 0.939 bits per heavy atom. The fraction of sp³-hybridized carbons (Fsp3) is 0.292. The number of carbonyl (C=O) groups excluding carboxylic acids is 2. The summed E-state index contributed by atoms with van der Waals surface area (Å²) in [7, 11) is -6.82. The van der Waals surface area contributed by atoms with Gasteiger partial charge in [-0.2, -0.15) is 36.3 Å². The van der Waals surface area contributed by atoms with Gasteiger partial charge in [0, 0.05) is 21.4 Å². The highest BCUT2D eigenvalue weighted by atomic mass is 32.2. The molecule has 0 fully saturated rings. The van der Waals surface area contributed by atoms with E-state index < -0.39 is 55.1 Å². The molecule has 0 aliphatic heterocycles. The highest BCUT2D eigenvalue weighted by Gasteiger charge is 2.29. The van der Waals surface area contributed by atoms with Gasteiger partial charge in [0.25, 0.3) is 10.0 Å². The van der Waals surface area contributed by atoms with Crippen molar-refractivity contribution in [2.75, 3.05) is 33.0 Å². The van der Waals surface area contributed by atoms with Gasteiger partial charge in [-0.3, -0.25) is 0 Å². The number of carboxylic acids is 2. The smallest absolute Gasteiger partial charge is 0.542 e. The Morgan fingerprint density at radius 2 is 1.45 bits per heavy atom. The molecule has 25 heteroatoms. The molecule has 1 heterocycles. The van der Waals surface area contributed by atoms with E-state index in [4.69, 9.17) is 43.6 Å². The van der Waals surface area contributed by atoms with Crippen molar-refractivity contribution in [2.45, 2.75) is 16.6 Å². The number of hydrogen-bond acceptors (Lipinski definition) is 13. The van der Waals surface area contributed by atoms with E-state index in [1.165, 1.54) is 12.1 Å². The first-order valence-corrected chi connectivity index (χ1v) is 16.0. The topological polar surface area (TPSA) is 259 Å². The Balaban J connectivity index is 0.000000717. The average Bonchev–Trinajstić information content (AvgIpc) is 3.42. The van der Waals surface area contributed by atoms with Crippen LogP contribution in [0.25, 0.3) is 10.1 Å². The number of nitrogens with zero attached hydrogens (tertiary/aromatic N) is 1. The zero-order chi connectivity index (χ0) is 37.6. The third-order valence-corrected chi connectivity index (χ3v) is 8.40. The van der Waals surface area contributed by atoms with Gasteiger partial charge in [-0.25, -0.2) is 17.3 Å². The zero-order valence-corrected chi connectivity index (χ0v) is 26.8. The number of rotatable bonds is 13. The van der Waals surface area contributed by atoms with Gasteiger partial charge in [0.15, 0.2) is 24.0 Å². The first-order valence-electron chi connectivity index (χ1n) is 12.6. The van der Waals surface area contributed by atoms with Crippen LogP contribution in [0, 0.1) is 17.1 Å². The monoisotopic (exact) mass is 771 g/mol. The van der Waals surface area contributed by atoms with Gasteiger partial charge in [-0.15, -0.1) is 11.3 Å². The van der Waals surface area contributed by atoms with Crippen LogP contribution in [0.3, 0.4) is 0 Å². The van der Waals surface area contributed by atoms with Crippen molar-refractivity contribution >= 4 is 51.6 Å². The standard InChI is InChI=1S/C20H21FN4O7PS2.2C2HF3O2/c21-16-9-15(2-1-13(16)11-24)32-33(26)31-12-25-35(27,28)20-8-14-7-17(29-5-3-22)18(30-6-4-23)10-19(14)34-20;2*3-2(4,5)1(6)7/h1-2,7-10,25H,3-6,12,22-23H2;2*(H,6,7)/q+1;;. The number of hydrogen-bond donors (Lipinski definition) is 3.